The smallest absolute Gasteiger partial charge is 0.141 e. The molecule has 3 heterocycles. The van der Waals surface area contributed by atoms with Crippen molar-refractivity contribution < 1.29 is 0 Å². The molecule has 3 nitrogen and oxygen atoms in total. The Hall–Kier alpha value is -0.870. The number of hydrogen-bond donors (Lipinski definition) is 0. The van der Waals surface area contributed by atoms with Crippen LogP contribution < -0.4 is 4.90 Å². The van der Waals surface area contributed by atoms with E-state index >= 15 is 0 Å². The molecule has 0 bridgehead atoms. The Balaban J connectivity index is 0.00000121. The molecule has 5 heteroatoms. The number of hydrogen-bond acceptors (Lipinski definition) is 4. The van der Waals surface area contributed by atoms with Gasteiger partial charge in [-0.1, -0.05) is 0 Å². The molecule has 1 saturated heterocycles. The minimum absolute atomic E-state index is 0. The van der Waals surface area contributed by atoms with E-state index in [1.54, 1.807) is 16.8 Å². The highest BCUT2D eigenvalue weighted by atomic mass is 35.5. The lowest BCUT2D eigenvalue weighted by molar-refractivity contribution is 0.574. The molecular weight excluding hydrogens is 290 g/mol. The summed E-state index contributed by atoms with van der Waals surface area (Å²) in [4.78, 5) is 14.4. The van der Waals surface area contributed by atoms with Crippen molar-refractivity contribution in [1.29, 1.82) is 0 Å². The van der Waals surface area contributed by atoms with Gasteiger partial charge in [-0.2, -0.15) is 0 Å². The van der Waals surface area contributed by atoms with Crippen molar-refractivity contribution in [2.45, 2.75) is 44.9 Å². The zero-order chi connectivity index (χ0) is 12.7. The van der Waals surface area contributed by atoms with Crippen molar-refractivity contribution in [2.24, 2.45) is 0 Å². The number of fused-ring (bicyclic) bond motifs is 3. The van der Waals surface area contributed by atoms with Gasteiger partial charge in [-0.25, -0.2) is 9.97 Å². The quantitative estimate of drug-likeness (QED) is 0.798. The zero-order valence-corrected chi connectivity index (χ0v) is 13.2. The molecule has 0 amide bonds. The first-order valence-corrected chi connectivity index (χ1v) is 8.25. The summed E-state index contributed by atoms with van der Waals surface area (Å²) in [5, 5.41) is 1.38. The van der Waals surface area contributed by atoms with Crippen LogP contribution in [0.15, 0.2) is 6.33 Å². The molecule has 4 rings (SSSR count). The van der Waals surface area contributed by atoms with Gasteiger partial charge in [0.2, 0.25) is 0 Å². The SMILES string of the molecule is Cl.c1nc(N2CCCCC2)c2c3c(sc2n1)CCCC3. The van der Waals surface area contributed by atoms with E-state index < -0.39 is 0 Å². The van der Waals surface area contributed by atoms with E-state index in [0.29, 0.717) is 0 Å². The molecule has 0 radical (unpaired) electrons. The van der Waals surface area contributed by atoms with Crippen molar-refractivity contribution >= 4 is 39.8 Å². The molecule has 0 saturated carbocycles. The van der Waals surface area contributed by atoms with Crippen LogP contribution in [0, 0.1) is 0 Å². The maximum atomic E-state index is 4.63. The molecule has 1 aliphatic heterocycles. The number of rotatable bonds is 1. The minimum atomic E-state index is 0. The molecular formula is C15H20ClN3S. The van der Waals surface area contributed by atoms with E-state index in [1.165, 1.54) is 61.0 Å². The van der Waals surface area contributed by atoms with Crippen LogP contribution in [0.4, 0.5) is 5.82 Å². The van der Waals surface area contributed by atoms with Gasteiger partial charge < -0.3 is 4.90 Å². The van der Waals surface area contributed by atoms with Gasteiger partial charge in [-0.15, -0.1) is 23.7 Å². The summed E-state index contributed by atoms with van der Waals surface area (Å²) in [6.07, 6.45) is 10.9. The number of halogens is 1. The third kappa shape index (κ3) is 2.29. The highest BCUT2D eigenvalue weighted by Gasteiger charge is 2.23. The third-order valence-electron chi connectivity index (χ3n) is 4.39. The van der Waals surface area contributed by atoms with Crippen LogP contribution >= 0.6 is 23.7 Å². The highest BCUT2D eigenvalue weighted by Crippen LogP contribution is 2.39. The molecule has 0 spiro atoms. The zero-order valence-electron chi connectivity index (χ0n) is 11.6. The van der Waals surface area contributed by atoms with Crippen molar-refractivity contribution in [2.75, 3.05) is 18.0 Å². The Morgan fingerprint density at radius 2 is 1.75 bits per heavy atom. The second-order valence-corrected chi connectivity index (χ2v) is 6.72. The fraction of sp³-hybridized carbons (Fsp3) is 0.600. The lowest BCUT2D eigenvalue weighted by Gasteiger charge is -2.28. The number of nitrogens with zero attached hydrogens (tertiary/aromatic N) is 3. The van der Waals surface area contributed by atoms with Gasteiger partial charge in [0, 0.05) is 18.0 Å². The first kappa shape index (κ1) is 14.1. The van der Waals surface area contributed by atoms with E-state index in [2.05, 4.69) is 14.9 Å². The van der Waals surface area contributed by atoms with Crippen LogP contribution in [0.1, 0.15) is 42.5 Å². The van der Waals surface area contributed by atoms with Crippen LogP contribution in [0.3, 0.4) is 0 Å². The second kappa shape index (κ2) is 5.86. The van der Waals surface area contributed by atoms with Gasteiger partial charge >= 0.3 is 0 Å². The van der Waals surface area contributed by atoms with E-state index in [1.807, 2.05) is 11.3 Å². The van der Waals surface area contributed by atoms with Gasteiger partial charge in [0.05, 0.1) is 5.39 Å². The van der Waals surface area contributed by atoms with E-state index in [-0.39, 0.29) is 12.4 Å². The second-order valence-electron chi connectivity index (χ2n) is 5.64. The van der Waals surface area contributed by atoms with Gasteiger partial charge in [-0.05, 0) is 50.5 Å². The summed E-state index contributed by atoms with van der Waals surface area (Å²) < 4.78 is 0. The van der Waals surface area contributed by atoms with Crippen LogP contribution in [0.5, 0.6) is 0 Å². The van der Waals surface area contributed by atoms with E-state index in [0.717, 1.165) is 13.1 Å². The number of aromatic nitrogens is 2. The maximum Gasteiger partial charge on any atom is 0.141 e. The predicted octanol–water partition coefficient (Wildman–Crippen LogP) is 3.98. The summed E-state index contributed by atoms with van der Waals surface area (Å²) in [7, 11) is 0. The summed E-state index contributed by atoms with van der Waals surface area (Å²) >= 11 is 1.90. The first-order valence-electron chi connectivity index (χ1n) is 7.44. The van der Waals surface area contributed by atoms with Gasteiger partial charge in [0.1, 0.15) is 17.0 Å². The van der Waals surface area contributed by atoms with Gasteiger partial charge in [0.15, 0.2) is 0 Å². The number of anilines is 1. The van der Waals surface area contributed by atoms with Crippen molar-refractivity contribution in [3.8, 4) is 0 Å². The van der Waals surface area contributed by atoms with Crippen LogP contribution in [0.2, 0.25) is 0 Å². The monoisotopic (exact) mass is 309 g/mol. The normalized spacial score (nSPS) is 18.7. The summed E-state index contributed by atoms with van der Waals surface area (Å²) in [6, 6.07) is 0. The number of aryl methyl sites for hydroxylation is 2. The van der Waals surface area contributed by atoms with E-state index in [4.69, 9.17) is 0 Å². The van der Waals surface area contributed by atoms with Crippen molar-refractivity contribution in [3.63, 3.8) is 0 Å². The lowest BCUT2D eigenvalue weighted by Crippen LogP contribution is -2.30. The molecule has 2 aromatic rings. The predicted molar refractivity (Wildman–Crippen MR) is 87.4 cm³/mol. The van der Waals surface area contributed by atoms with E-state index in [9.17, 15) is 0 Å². The molecule has 0 unspecified atom stereocenters. The lowest BCUT2D eigenvalue weighted by atomic mass is 9.96. The van der Waals surface area contributed by atoms with Crippen LogP contribution in [-0.4, -0.2) is 23.1 Å². The van der Waals surface area contributed by atoms with Crippen molar-refractivity contribution in [1.82, 2.24) is 9.97 Å². The number of thiophene rings is 1. The molecule has 1 aliphatic carbocycles. The van der Waals surface area contributed by atoms with Crippen LogP contribution in [0.25, 0.3) is 10.2 Å². The maximum absolute atomic E-state index is 4.63. The van der Waals surface area contributed by atoms with Gasteiger partial charge in [0.25, 0.3) is 0 Å². The molecule has 2 aromatic heterocycles. The molecule has 20 heavy (non-hydrogen) atoms. The Labute approximate surface area is 129 Å². The minimum Gasteiger partial charge on any atom is -0.356 e. The van der Waals surface area contributed by atoms with Crippen LogP contribution in [-0.2, 0) is 12.8 Å². The summed E-state index contributed by atoms with van der Waals surface area (Å²) in [6.45, 7) is 2.33. The fourth-order valence-electron chi connectivity index (χ4n) is 3.42. The Bertz CT molecular complexity index is 604. The number of piperidine rings is 1. The molecule has 1 fully saturated rings. The average molecular weight is 310 g/mol. The standard InChI is InChI=1S/C15H19N3S.ClH/c1-4-8-18(9-5-1)14-13-11-6-2-3-7-12(11)19-15(13)17-10-16-14;/h10H,1-9H2;1H. The Morgan fingerprint density at radius 3 is 2.60 bits per heavy atom. The third-order valence-corrected chi connectivity index (χ3v) is 5.59. The first-order chi connectivity index (χ1) is 9.43. The molecule has 108 valence electrons. The topological polar surface area (TPSA) is 29.0 Å². The Kier molecular flexibility index (Phi) is 4.13. The molecule has 2 aliphatic rings. The van der Waals surface area contributed by atoms with Crippen molar-refractivity contribution in [3.05, 3.63) is 16.8 Å². The fourth-order valence-corrected chi connectivity index (χ4v) is 4.64. The molecule has 0 aromatic carbocycles. The summed E-state index contributed by atoms with van der Waals surface area (Å²) in [5.74, 6) is 1.21. The van der Waals surface area contributed by atoms with Gasteiger partial charge in [-0.3, -0.25) is 0 Å². The highest BCUT2D eigenvalue weighted by molar-refractivity contribution is 7.19. The summed E-state index contributed by atoms with van der Waals surface area (Å²) in [5.41, 5.74) is 1.56. The Morgan fingerprint density at radius 1 is 0.950 bits per heavy atom. The molecule has 0 N–H and O–H groups in total. The average Bonchev–Trinajstić information content (AvgIpc) is 2.86. The molecule has 0 atom stereocenters. The largest absolute Gasteiger partial charge is 0.356 e.